The summed E-state index contributed by atoms with van der Waals surface area (Å²) in [4.78, 5) is 14.2. The summed E-state index contributed by atoms with van der Waals surface area (Å²) in [5.74, 6) is 1.97. The second kappa shape index (κ2) is 5.87. The third-order valence-electron chi connectivity index (χ3n) is 4.83. The molecular formula is C17H23NO. The average Bonchev–Trinajstić information content (AvgIpc) is 2.63. The van der Waals surface area contributed by atoms with Gasteiger partial charge in [-0.3, -0.25) is 9.69 Å². The maximum atomic E-state index is 11.6. The summed E-state index contributed by atoms with van der Waals surface area (Å²) < 4.78 is 0. The van der Waals surface area contributed by atoms with Gasteiger partial charge in [-0.25, -0.2) is 0 Å². The van der Waals surface area contributed by atoms with Crippen LogP contribution in [0.1, 0.15) is 37.7 Å². The van der Waals surface area contributed by atoms with Gasteiger partial charge in [0.15, 0.2) is 0 Å². The predicted octanol–water partition coefficient (Wildman–Crippen LogP) is 3.27. The molecule has 0 amide bonds. The molecule has 1 saturated heterocycles. The van der Waals surface area contributed by atoms with Crippen LogP contribution in [-0.4, -0.2) is 23.8 Å². The average molecular weight is 257 g/mol. The largest absolute Gasteiger partial charge is 0.300 e. The number of hydrogen-bond donors (Lipinski definition) is 0. The first-order valence-corrected chi connectivity index (χ1v) is 7.59. The van der Waals surface area contributed by atoms with Crippen molar-refractivity contribution in [1.82, 2.24) is 4.90 Å². The molecule has 2 aliphatic rings. The van der Waals surface area contributed by atoms with Gasteiger partial charge in [-0.1, -0.05) is 30.3 Å². The lowest BCUT2D eigenvalue weighted by Crippen LogP contribution is -2.24. The van der Waals surface area contributed by atoms with Gasteiger partial charge in [0.25, 0.3) is 0 Å². The molecular weight excluding hydrogens is 234 g/mol. The molecule has 19 heavy (non-hydrogen) atoms. The van der Waals surface area contributed by atoms with E-state index in [4.69, 9.17) is 0 Å². The van der Waals surface area contributed by atoms with Crippen LogP contribution in [0.5, 0.6) is 0 Å². The zero-order valence-electron chi connectivity index (χ0n) is 11.6. The Hall–Kier alpha value is -1.15. The predicted molar refractivity (Wildman–Crippen MR) is 76.8 cm³/mol. The highest BCUT2D eigenvalue weighted by molar-refractivity contribution is 5.79. The van der Waals surface area contributed by atoms with Crippen LogP contribution in [0.4, 0.5) is 0 Å². The molecule has 0 spiro atoms. The van der Waals surface area contributed by atoms with E-state index in [0.717, 1.165) is 38.3 Å². The number of likely N-dealkylation sites (tertiary alicyclic amines) is 1. The van der Waals surface area contributed by atoms with Crippen LogP contribution >= 0.6 is 0 Å². The van der Waals surface area contributed by atoms with Crippen LogP contribution < -0.4 is 0 Å². The number of nitrogens with zero attached hydrogens (tertiary/aromatic N) is 1. The van der Waals surface area contributed by atoms with E-state index in [0.29, 0.717) is 11.7 Å². The minimum atomic E-state index is 0.498. The number of ketones is 1. The van der Waals surface area contributed by atoms with Crippen molar-refractivity contribution >= 4 is 5.78 Å². The van der Waals surface area contributed by atoms with E-state index in [2.05, 4.69) is 35.2 Å². The lowest BCUT2D eigenvalue weighted by atomic mass is 9.76. The van der Waals surface area contributed by atoms with Crippen LogP contribution in [0.3, 0.4) is 0 Å². The van der Waals surface area contributed by atoms with Crippen molar-refractivity contribution < 1.29 is 4.79 Å². The summed E-state index contributed by atoms with van der Waals surface area (Å²) in [7, 11) is 0. The van der Waals surface area contributed by atoms with Crippen molar-refractivity contribution in [3.05, 3.63) is 35.9 Å². The number of carbonyl (C=O) groups is 1. The van der Waals surface area contributed by atoms with Crippen molar-refractivity contribution in [2.24, 2.45) is 11.8 Å². The Balaban J connectivity index is 1.60. The monoisotopic (exact) mass is 257 g/mol. The molecule has 2 fully saturated rings. The molecule has 1 aliphatic heterocycles. The van der Waals surface area contributed by atoms with Gasteiger partial charge in [0, 0.05) is 19.4 Å². The molecule has 0 aromatic heterocycles. The molecule has 0 radical (unpaired) electrons. The van der Waals surface area contributed by atoms with Crippen molar-refractivity contribution in [2.75, 3.05) is 13.1 Å². The van der Waals surface area contributed by atoms with E-state index in [1.807, 2.05) is 0 Å². The van der Waals surface area contributed by atoms with Crippen LogP contribution in [0.2, 0.25) is 0 Å². The summed E-state index contributed by atoms with van der Waals surface area (Å²) in [6.07, 6.45) is 5.32. The second-order valence-electron chi connectivity index (χ2n) is 6.14. The molecule has 102 valence electrons. The summed E-state index contributed by atoms with van der Waals surface area (Å²) in [6, 6.07) is 10.7. The summed E-state index contributed by atoms with van der Waals surface area (Å²) in [5.41, 5.74) is 1.41. The molecule has 0 bridgehead atoms. The third kappa shape index (κ3) is 3.24. The Labute approximate surface area is 115 Å². The van der Waals surface area contributed by atoms with E-state index in [-0.39, 0.29) is 0 Å². The minimum Gasteiger partial charge on any atom is -0.300 e. The molecule has 1 aliphatic carbocycles. The fourth-order valence-corrected chi connectivity index (χ4v) is 3.67. The standard InChI is InChI=1S/C17H23NO/c19-17-7-6-15-8-10-18(11-9-16(15)12-17)13-14-4-2-1-3-5-14/h1-5,15-16H,6-13H2. The molecule has 1 heterocycles. The Kier molecular flexibility index (Phi) is 3.97. The van der Waals surface area contributed by atoms with Gasteiger partial charge in [0.1, 0.15) is 5.78 Å². The smallest absolute Gasteiger partial charge is 0.133 e. The highest BCUT2D eigenvalue weighted by Gasteiger charge is 2.31. The first kappa shape index (κ1) is 12.9. The van der Waals surface area contributed by atoms with Crippen LogP contribution in [0.25, 0.3) is 0 Å². The van der Waals surface area contributed by atoms with E-state index in [9.17, 15) is 4.79 Å². The number of carbonyl (C=O) groups excluding carboxylic acids is 1. The summed E-state index contributed by atoms with van der Waals surface area (Å²) in [6.45, 7) is 3.42. The topological polar surface area (TPSA) is 20.3 Å². The fourth-order valence-electron chi connectivity index (χ4n) is 3.67. The van der Waals surface area contributed by atoms with Gasteiger partial charge in [-0.2, -0.15) is 0 Å². The SMILES string of the molecule is O=C1CCC2CCN(Cc3ccccc3)CCC2C1. The number of Topliss-reactive ketones (excluding diaryl/α,β-unsaturated/α-hetero) is 1. The highest BCUT2D eigenvalue weighted by atomic mass is 16.1. The van der Waals surface area contributed by atoms with Gasteiger partial charge in [0.05, 0.1) is 0 Å². The lowest BCUT2D eigenvalue weighted by molar-refractivity contribution is -0.122. The number of benzene rings is 1. The molecule has 1 aromatic carbocycles. The molecule has 2 unspecified atom stereocenters. The number of hydrogen-bond acceptors (Lipinski definition) is 2. The van der Waals surface area contributed by atoms with Crippen LogP contribution in [-0.2, 0) is 11.3 Å². The van der Waals surface area contributed by atoms with Gasteiger partial charge < -0.3 is 0 Å². The zero-order valence-corrected chi connectivity index (χ0v) is 11.6. The van der Waals surface area contributed by atoms with Crippen LogP contribution in [0, 0.1) is 11.8 Å². The third-order valence-corrected chi connectivity index (χ3v) is 4.83. The zero-order chi connectivity index (χ0) is 13.1. The molecule has 2 heteroatoms. The highest BCUT2D eigenvalue weighted by Crippen LogP contribution is 2.35. The maximum Gasteiger partial charge on any atom is 0.133 e. The maximum absolute atomic E-state index is 11.6. The Morgan fingerprint density at radius 1 is 1.00 bits per heavy atom. The van der Waals surface area contributed by atoms with Gasteiger partial charge >= 0.3 is 0 Å². The number of rotatable bonds is 2. The quantitative estimate of drug-likeness (QED) is 0.810. The van der Waals surface area contributed by atoms with Gasteiger partial charge in [-0.05, 0) is 49.8 Å². The van der Waals surface area contributed by atoms with Gasteiger partial charge in [-0.15, -0.1) is 0 Å². The molecule has 2 atom stereocenters. The van der Waals surface area contributed by atoms with Crippen molar-refractivity contribution in [1.29, 1.82) is 0 Å². The van der Waals surface area contributed by atoms with E-state index >= 15 is 0 Å². The molecule has 2 nitrogen and oxygen atoms in total. The molecule has 1 aromatic rings. The second-order valence-corrected chi connectivity index (χ2v) is 6.14. The molecule has 1 saturated carbocycles. The minimum absolute atomic E-state index is 0.498. The van der Waals surface area contributed by atoms with Crippen LogP contribution in [0.15, 0.2) is 30.3 Å². The molecule has 3 rings (SSSR count). The Bertz CT molecular complexity index is 428. The summed E-state index contributed by atoms with van der Waals surface area (Å²) >= 11 is 0. The fraction of sp³-hybridized carbons (Fsp3) is 0.588. The van der Waals surface area contributed by atoms with Crippen molar-refractivity contribution in [3.8, 4) is 0 Å². The normalized spacial score (nSPS) is 28.7. The molecule has 0 N–H and O–H groups in total. The van der Waals surface area contributed by atoms with Crippen molar-refractivity contribution in [3.63, 3.8) is 0 Å². The first-order chi connectivity index (χ1) is 9.31. The van der Waals surface area contributed by atoms with E-state index < -0.39 is 0 Å². The van der Waals surface area contributed by atoms with E-state index in [1.165, 1.54) is 24.9 Å². The van der Waals surface area contributed by atoms with Gasteiger partial charge in [0.2, 0.25) is 0 Å². The lowest BCUT2D eigenvalue weighted by Gasteiger charge is -2.28. The summed E-state index contributed by atoms with van der Waals surface area (Å²) in [5, 5.41) is 0. The van der Waals surface area contributed by atoms with E-state index in [1.54, 1.807) is 0 Å². The Morgan fingerprint density at radius 2 is 1.74 bits per heavy atom. The van der Waals surface area contributed by atoms with Crippen molar-refractivity contribution in [2.45, 2.75) is 38.6 Å². The number of fused-ring (bicyclic) bond motifs is 1. The Morgan fingerprint density at radius 3 is 2.53 bits per heavy atom. The first-order valence-electron chi connectivity index (χ1n) is 7.59.